The first-order chi connectivity index (χ1) is 13.2. The lowest BCUT2D eigenvalue weighted by Gasteiger charge is -2.36. The number of nitro benzene ring substituents is 1. The van der Waals surface area contributed by atoms with Crippen molar-refractivity contribution in [2.75, 3.05) is 6.54 Å². The number of amides is 2. The van der Waals surface area contributed by atoms with Gasteiger partial charge < -0.3 is 4.74 Å². The highest BCUT2D eigenvalue weighted by molar-refractivity contribution is 6.22. The monoisotopic (exact) mass is 388 g/mol. The van der Waals surface area contributed by atoms with E-state index in [0.29, 0.717) is 11.8 Å². The number of hydrogen-bond acceptors (Lipinski definition) is 6. The van der Waals surface area contributed by atoms with Crippen molar-refractivity contribution >= 4 is 23.5 Å². The van der Waals surface area contributed by atoms with E-state index in [2.05, 4.69) is 20.8 Å². The number of ether oxygens (including phenoxy) is 1. The number of esters is 1. The molecule has 3 atom stereocenters. The van der Waals surface area contributed by atoms with Crippen LogP contribution in [-0.4, -0.2) is 40.3 Å². The third-order valence-electron chi connectivity index (χ3n) is 5.70. The topological polar surface area (TPSA) is 107 Å². The standard InChI is InChI=1S/C20H24N2O6/c1-11(2)14-6-4-12(3)8-17(14)28-18(23)10-21-19(24)15-7-5-13(22(26)27)9-16(15)20(21)25/h5,7,9,11-12,14,17H,4,6,8,10H2,1-3H3/t12-,14+,17-/m1/s1. The molecule has 150 valence electrons. The molecular formula is C20H24N2O6. The van der Waals surface area contributed by atoms with E-state index in [9.17, 15) is 24.5 Å². The van der Waals surface area contributed by atoms with Crippen LogP contribution in [0.25, 0.3) is 0 Å². The second-order valence-electron chi connectivity index (χ2n) is 8.04. The van der Waals surface area contributed by atoms with Crippen LogP contribution in [0, 0.1) is 27.9 Å². The molecule has 3 rings (SSSR count). The van der Waals surface area contributed by atoms with Gasteiger partial charge in [0.1, 0.15) is 12.6 Å². The number of nitro groups is 1. The fourth-order valence-electron chi connectivity index (χ4n) is 4.12. The summed E-state index contributed by atoms with van der Waals surface area (Å²) in [6.45, 7) is 5.82. The fraction of sp³-hybridized carbons (Fsp3) is 0.550. The number of fused-ring (bicyclic) bond motifs is 1. The summed E-state index contributed by atoms with van der Waals surface area (Å²) >= 11 is 0. The van der Waals surface area contributed by atoms with Crippen molar-refractivity contribution in [1.82, 2.24) is 4.90 Å². The Hall–Kier alpha value is -2.77. The number of benzene rings is 1. The minimum atomic E-state index is -0.710. The van der Waals surface area contributed by atoms with Crippen LogP contribution in [0.5, 0.6) is 0 Å². The van der Waals surface area contributed by atoms with Crippen LogP contribution in [0.15, 0.2) is 18.2 Å². The first kappa shape index (κ1) is 20.0. The highest BCUT2D eigenvalue weighted by atomic mass is 16.6. The molecule has 28 heavy (non-hydrogen) atoms. The Kier molecular flexibility index (Phi) is 5.49. The molecule has 2 amide bonds. The molecule has 1 fully saturated rings. The number of rotatable bonds is 5. The summed E-state index contributed by atoms with van der Waals surface area (Å²) in [5.74, 6) is -0.904. The molecule has 0 aromatic heterocycles. The van der Waals surface area contributed by atoms with Gasteiger partial charge in [0.25, 0.3) is 17.5 Å². The molecule has 0 saturated heterocycles. The molecular weight excluding hydrogens is 364 g/mol. The highest BCUT2D eigenvalue weighted by Gasteiger charge is 2.39. The number of non-ortho nitro benzene ring substituents is 1. The molecule has 1 saturated carbocycles. The molecule has 0 spiro atoms. The average molecular weight is 388 g/mol. The van der Waals surface area contributed by atoms with Crippen molar-refractivity contribution in [3.05, 3.63) is 39.4 Å². The number of nitrogens with zero attached hydrogens (tertiary/aromatic N) is 2. The Morgan fingerprint density at radius 3 is 2.57 bits per heavy atom. The summed E-state index contributed by atoms with van der Waals surface area (Å²) in [4.78, 5) is 48.5. The van der Waals surface area contributed by atoms with E-state index < -0.39 is 29.3 Å². The van der Waals surface area contributed by atoms with E-state index in [1.807, 2.05) is 0 Å². The molecule has 0 unspecified atom stereocenters. The molecule has 8 nitrogen and oxygen atoms in total. The summed E-state index contributed by atoms with van der Waals surface area (Å²) in [7, 11) is 0. The van der Waals surface area contributed by atoms with Crippen LogP contribution in [0.4, 0.5) is 5.69 Å². The van der Waals surface area contributed by atoms with E-state index in [4.69, 9.17) is 4.74 Å². The third-order valence-corrected chi connectivity index (χ3v) is 5.70. The van der Waals surface area contributed by atoms with Crippen molar-refractivity contribution in [3.63, 3.8) is 0 Å². The summed E-state index contributed by atoms with van der Waals surface area (Å²) in [5.41, 5.74) is -0.270. The zero-order chi connectivity index (χ0) is 20.6. The molecule has 0 radical (unpaired) electrons. The van der Waals surface area contributed by atoms with Gasteiger partial charge in [-0.15, -0.1) is 0 Å². The largest absolute Gasteiger partial charge is 0.461 e. The normalized spacial score (nSPS) is 24.4. The molecule has 2 aliphatic rings. The Balaban J connectivity index is 1.71. The van der Waals surface area contributed by atoms with Crippen molar-refractivity contribution in [1.29, 1.82) is 0 Å². The van der Waals surface area contributed by atoms with Gasteiger partial charge in [-0.1, -0.05) is 27.2 Å². The maximum Gasteiger partial charge on any atom is 0.326 e. The molecule has 1 aromatic rings. The zero-order valence-electron chi connectivity index (χ0n) is 16.2. The van der Waals surface area contributed by atoms with Crippen molar-refractivity contribution in [2.24, 2.45) is 17.8 Å². The van der Waals surface area contributed by atoms with E-state index in [1.54, 1.807) is 0 Å². The first-order valence-corrected chi connectivity index (χ1v) is 9.53. The second-order valence-corrected chi connectivity index (χ2v) is 8.04. The summed E-state index contributed by atoms with van der Waals surface area (Å²) in [6.07, 6.45) is 2.61. The number of hydrogen-bond donors (Lipinski definition) is 0. The van der Waals surface area contributed by atoms with Crippen molar-refractivity contribution in [3.8, 4) is 0 Å². The van der Waals surface area contributed by atoms with Crippen LogP contribution in [0.1, 0.15) is 60.7 Å². The molecule has 1 aliphatic heterocycles. The van der Waals surface area contributed by atoms with Crippen LogP contribution < -0.4 is 0 Å². The van der Waals surface area contributed by atoms with Gasteiger partial charge in [0.05, 0.1) is 16.1 Å². The maximum atomic E-state index is 12.5. The lowest BCUT2D eigenvalue weighted by Crippen LogP contribution is -2.40. The fourth-order valence-corrected chi connectivity index (χ4v) is 4.12. The summed E-state index contributed by atoms with van der Waals surface area (Å²) in [5, 5.41) is 10.9. The molecule has 0 bridgehead atoms. The molecule has 1 heterocycles. The number of carbonyl (C=O) groups is 3. The van der Waals surface area contributed by atoms with Gasteiger partial charge in [-0.2, -0.15) is 0 Å². The van der Waals surface area contributed by atoms with E-state index >= 15 is 0 Å². The van der Waals surface area contributed by atoms with Crippen LogP contribution in [0.2, 0.25) is 0 Å². The first-order valence-electron chi connectivity index (χ1n) is 9.53. The lowest BCUT2D eigenvalue weighted by molar-refractivity contribution is -0.384. The maximum absolute atomic E-state index is 12.5. The second kappa shape index (κ2) is 7.69. The van der Waals surface area contributed by atoms with Crippen molar-refractivity contribution < 1.29 is 24.0 Å². The Labute approximate surface area is 163 Å². The minimum Gasteiger partial charge on any atom is -0.461 e. The van der Waals surface area contributed by atoms with Gasteiger partial charge in [-0.3, -0.25) is 29.4 Å². The van der Waals surface area contributed by atoms with Gasteiger partial charge in [0, 0.05) is 12.1 Å². The van der Waals surface area contributed by atoms with E-state index in [0.717, 1.165) is 30.2 Å². The minimum absolute atomic E-state index is 0.0571. The predicted molar refractivity (Wildman–Crippen MR) is 99.7 cm³/mol. The third kappa shape index (κ3) is 3.76. The Morgan fingerprint density at radius 2 is 1.93 bits per heavy atom. The lowest BCUT2D eigenvalue weighted by atomic mass is 9.75. The highest BCUT2D eigenvalue weighted by Crippen LogP contribution is 2.35. The smallest absolute Gasteiger partial charge is 0.326 e. The number of carbonyl (C=O) groups excluding carboxylic acids is 3. The molecule has 1 aliphatic carbocycles. The summed E-state index contributed by atoms with van der Waals surface area (Å²) in [6, 6.07) is 3.48. The van der Waals surface area contributed by atoms with Gasteiger partial charge in [0.2, 0.25) is 0 Å². The molecule has 8 heteroatoms. The van der Waals surface area contributed by atoms with Gasteiger partial charge >= 0.3 is 5.97 Å². The van der Waals surface area contributed by atoms with Gasteiger partial charge in [-0.05, 0) is 36.7 Å². The van der Waals surface area contributed by atoms with E-state index in [-0.39, 0.29) is 28.8 Å². The zero-order valence-corrected chi connectivity index (χ0v) is 16.2. The number of imide groups is 1. The van der Waals surface area contributed by atoms with Crippen molar-refractivity contribution in [2.45, 2.75) is 46.1 Å². The van der Waals surface area contributed by atoms with E-state index in [1.165, 1.54) is 12.1 Å². The Bertz CT molecular complexity index is 834. The quantitative estimate of drug-likeness (QED) is 0.332. The average Bonchev–Trinajstić information content (AvgIpc) is 2.86. The van der Waals surface area contributed by atoms with Crippen LogP contribution in [-0.2, 0) is 9.53 Å². The predicted octanol–water partition coefficient (Wildman–Crippen LogP) is 3.19. The Morgan fingerprint density at radius 1 is 1.25 bits per heavy atom. The van der Waals surface area contributed by atoms with Gasteiger partial charge in [0.15, 0.2) is 0 Å². The van der Waals surface area contributed by atoms with Crippen LogP contribution >= 0.6 is 0 Å². The SMILES string of the molecule is CC(C)[C@@H]1CC[C@@H](C)C[C@H]1OC(=O)CN1C(=O)c2ccc([N+](=O)[O-])cc2C1=O. The van der Waals surface area contributed by atoms with Gasteiger partial charge in [-0.25, -0.2) is 0 Å². The van der Waals surface area contributed by atoms with Crippen LogP contribution in [0.3, 0.4) is 0 Å². The molecule has 0 N–H and O–H groups in total. The molecule has 1 aromatic carbocycles. The summed E-state index contributed by atoms with van der Waals surface area (Å²) < 4.78 is 5.66.